The molecule has 0 aliphatic rings. The summed E-state index contributed by atoms with van der Waals surface area (Å²) in [6, 6.07) is 9.06. The molecule has 124 valence electrons. The molecule has 0 spiro atoms. The first-order valence-electron chi connectivity index (χ1n) is 6.50. The number of nitrogens with zero attached hydrogens (tertiary/aromatic N) is 3. The molecule has 24 heavy (non-hydrogen) atoms. The minimum Gasteiger partial charge on any atom is -0.277 e. The molecule has 1 heterocycles. The van der Waals surface area contributed by atoms with Crippen LogP contribution in [0.4, 0.5) is 5.69 Å². The van der Waals surface area contributed by atoms with Crippen molar-refractivity contribution < 1.29 is 8.42 Å². The molecule has 0 unspecified atom stereocenters. The van der Waals surface area contributed by atoms with Gasteiger partial charge in [0.25, 0.3) is 10.0 Å². The van der Waals surface area contributed by atoms with E-state index >= 15 is 0 Å². The van der Waals surface area contributed by atoms with Gasteiger partial charge in [-0.2, -0.15) is 5.10 Å². The maximum absolute atomic E-state index is 12.7. The first kappa shape index (κ1) is 17.0. The average molecular weight is 404 g/mol. The maximum Gasteiger partial charge on any atom is 0.263 e. The number of rotatable bonds is 4. The van der Waals surface area contributed by atoms with E-state index in [1.807, 2.05) is 0 Å². The summed E-state index contributed by atoms with van der Waals surface area (Å²) in [5, 5.41) is 4.43. The molecule has 1 aromatic heterocycles. The van der Waals surface area contributed by atoms with Gasteiger partial charge in [-0.05, 0) is 30.3 Å². The SMILES string of the molecule is O=S(=O)(Nc1cc(Cl)ccc1-n1cncn1)c1cccc(Cl)c1Cl. The number of sulfonamides is 1. The molecule has 0 fully saturated rings. The Hall–Kier alpha value is -1.80. The van der Waals surface area contributed by atoms with Crippen LogP contribution in [0.2, 0.25) is 15.1 Å². The molecule has 0 aliphatic heterocycles. The van der Waals surface area contributed by atoms with Crippen LogP contribution in [0.15, 0.2) is 53.9 Å². The standard InChI is InChI=1S/C14H9Cl3N4O2S/c15-9-4-5-12(21-8-18-7-19-21)11(6-9)20-24(22,23)13-3-1-2-10(16)14(13)17/h1-8,20H. The Morgan fingerprint density at radius 1 is 1.08 bits per heavy atom. The Morgan fingerprint density at radius 2 is 1.88 bits per heavy atom. The lowest BCUT2D eigenvalue weighted by Crippen LogP contribution is -2.15. The molecule has 0 radical (unpaired) electrons. The van der Waals surface area contributed by atoms with Crippen molar-refractivity contribution in [2.75, 3.05) is 4.72 Å². The van der Waals surface area contributed by atoms with Crippen LogP contribution in [0.5, 0.6) is 0 Å². The van der Waals surface area contributed by atoms with Crippen LogP contribution in [0, 0.1) is 0 Å². The molecule has 3 rings (SSSR count). The Labute approximate surface area is 153 Å². The molecule has 0 atom stereocenters. The lowest BCUT2D eigenvalue weighted by molar-refractivity contribution is 0.601. The normalized spacial score (nSPS) is 11.5. The van der Waals surface area contributed by atoms with E-state index in [2.05, 4.69) is 14.8 Å². The molecule has 1 N–H and O–H groups in total. The zero-order valence-corrected chi connectivity index (χ0v) is 14.9. The number of benzene rings is 2. The molecule has 0 bridgehead atoms. The lowest BCUT2D eigenvalue weighted by atomic mass is 10.3. The van der Waals surface area contributed by atoms with Crippen LogP contribution in [-0.4, -0.2) is 23.2 Å². The molecular formula is C14H9Cl3N4O2S. The fraction of sp³-hybridized carbons (Fsp3) is 0. The number of hydrogen-bond acceptors (Lipinski definition) is 4. The van der Waals surface area contributed by atoms with Crippen LogP contribution in [0.25, 0.3) is 5.69 Å². The van der Waals surface area contributed by atoms with Gasteiger partial charge >= 0.3 is 0 Å². The van der Waals surface area contributed by atoms with Gasteiger partial charge in [-0.15, -0.1) is 0 Å². The first-order chi connectivity index (χ1) is 11.4. The van der Waals surface area contributed by atoms with Crippen molar-refractivity contribution in [3.63, 3.8) is 0 Å². The topological polar surface area (TPSA) is 76.9 Å². The highest BCUT2D eigenvalue weighted by atomic mass is 35.5. The van der Waals surface area contributed by atoms with Gasteiger partial charge in [0.15, 0.2) is 0 Å². The monoisotopic (exact) mass is 402 g/mol. The summed E-state index contributed by atoms with van der Waals surface area (Å²) in [5.74, 6) is 0. The Kier molecular flexibility index (Phi) is 4.69. The molecule has 0 saturated carbocycles. The molecule has 6 nitrogen and oxygen atoms in total. The van der Waals surface area contributed by atoms with Crippen molar-refractivity contribution in [1.82, 2.24) is 14.8 Å². The molecule has 10 heteroatoms. The summed E-state index contributed by atoms with van der Waals surface area (Å²) in [7, 11) is -3.98. The summed E-state index contributed by atoms with van der Waals surface area (Å²) in [4.78, 5) is 3.71. The highest BCUT2D eigenvalue weighted by Gasteiger charge is 2.21. The summed E-state index contributed by atoms with van der Waals surface area (Å²) >= 11 is 17.9. The van der Waals surface area contributed by atoms with E-state index in [-0.39, 0.29) is 20.6 Å². The molecule has 0 aliphatic carbocycles. The summed E-state index contributed by atoms with van der Waals surface area (Å²) in [6.07, 6.45) is 2.77. The third kappa shape index (κ3) is 3.34. The van der Waals surface area contributed by atoms with Gasteiger partial charge in [0.05, 0.1) is 21.4 Å². The zero-order valence-electron chi connectivity index (χ0n) is 11.8. The van der Waals surface area contributed by atoms with Crippen molar-refractivity contribution in [3.8, 4) is 5.69 Å². The van der Waals surface area contributed by atoms with Gasteiger partial charge in [0.1, 0.15) is 17.6 Å². The summed E-state index contributed by atoms with van der Waals surface area (Å²) in [5.41, 5.74) is 0.683. The minimum absolute atomic E-state index is 0.0593. The van der Waals surface area contributed by atoms with Gasteiger partial charge in [-0.25, -0.2) is 18.1 Å². The fourth-order valence-electron chi connectivity index (χ4n) is 2.01. The summed E-state index contributed by atoms with van der Waals surface area (Å²) in [6.45, 7) is 0. The molecule has 2 aromatic carbocycles. The number of aromatic nitrogens is 3. The van der Waals surface area contributed by atoms with Crippen LogP contribution in [0.1, 0.15) is 0 Å². The van der Waals surface area contributed by atoms with Crippen molar-refractivity contribution in [2.24, 2.45) is 0 Å². The van der Waals surface area contributed by atoms with Crippen LogP contribution in [-0.2, 0) is 10.0 Å². The highest BCUT2D eigenvalue weighted by Crippen LogP contribution is 2.32. The van der Waals surface area contributed by atoms with E-state index < -0.39 is 10.0 Å². The van der Waals surface area contributed by atoms with Crippen LogP contribution in [0.3, 0.4) is 0 Å². The quantitative estimate of drug-likeness (QED) is 0.713. The predicted octanol–water partition coefficient (Wildman–Crippen LogP) is 4.03. The van der Waals surface area contributed by atoms with E-state index in [0.717, 1.165) is 0 Å². The minimum atomic E-state index is -3.98. The van der Waals surface area contributed by atoms with Gasteiger partial charge in [-0.3, -0.25) is 4.72 Å². The number of nitrogens with one attached hydrogen (secondary N) is 1. The molecule has 0 saturated heterocycles. The largest absolute Gasteiger partial charge is 0.277 e. The van der Waals surface area contributed by atoms with Crippen LogP contribution < -0.4 is 4.72 Å². The Bertz CT molecular complexity index is 991. The van der Waals surface area contributed by atoms with E-state index in [1.165, 1.54) is 41.6 Å². The molecule has 3 aromatic rings. The van der Waals surface area contributed by atoms with E-state index in [0.29, 0.717) is 10.7 Å². The van der Waals surface area contributed by atoms with E-state index in [9.17, 15) is 8.42 Å². The average Bonchev–Trinajstić information content (AvgIpc) is 3.03. The van der Waals surface area contributed by atoms with Gasteiger partial charge < -0.3 is 0 Å². The third-order valence-electron chi connectivity index (χ3n) is 3.07. The smallest absolute Gasteiger partial charge is 0.263 e. The van der Waals surface area contributed by atoms with Crippen molar-refractivity contribution in [2.45, 2.75) is 4.90 Å². The second-order valence-electron chi connectivity index (χ2n) is 4.66. The summed E-state index contributed by atoms with van der Waals surface area (Å²) < 4.78 is 29.2. The second kappa shape index (κ2) is 6.60. The van der Waals surface area contributed by atoms with Gasteiger partial charge in [0, 0.05) is 5.02 Å². The predicted molar refractivity (Wildman–Crippen MR) is 93.6 cm³/mol. The van der Waals surface area contributed by atoms with Crippen molar-refractivity contribution >= 4 is 50.5 Å². The number of halogens is 3. The maximum atomic E-state index is 12.7. The van der Waals surface area contributed by atoms with E-state index in [4.69, 9.17) is 34.8 Å². The lowest BCUT2D eigenvalue weighted by Gasteiger charge is -2.14. The van der Waals surface area contributed by atoms with Crippen LogP contribution >= 0.6 is 34.8 Å². The molecular weight excluding hydrogens is 395 g/mol. The highest BCUT2D eigenvalue weighted by molar-refractivity contribution is 7.92. The van der Waals surface area contributed by atoms with E-state index in [1.54, 1.807) is 12.1 Å². The van der Waals surface area contributed by atoms with Crippen molar-refractivity contribution in [3.05, 3.63) is 64.1 Å². The van der Waals surface area contributed by atoms with Gasteiger partial charge in [0.2, 0.25) is 0 Å². The Morgan fingerprint density at radius 3 is 2.58 bits per heavy atom. The first-order valence-corrected chi connectivity index (χ1v) is 9.11. The second-order valence-corrected chi connectivity index (χ2v) is 7.53. The Balaban J connectivity index is 2.08. The fourth-order valence-corrected chi connectivity index (χ4v) is 4.01. The van der Waals surface area contributed by atoms with Gasteiger partial charge in [-0.1, -0.05) is 40.9 Å². The number of anilines is 1. The van der Waals surface area contributed by atoms with Crippen molar-refractivity contribution in [1.29, 1.82) is 0 Å². The molecule has 0 amide bonds. The zero-order chi connectivity index (χ0) is 17.3. The number of hydrogen-bond donors (Lipinski definition) is 1. The third-order valence-corrected chi connectivity index (χ3v) is 5.65.